The van der Waals surface area contributed by atoms with Crippen molar-refractivity contribution in [3.63, 3.8) is 0 Å². The molecule has 0 saturated heterocycles. The largest absolute Gasteiger partial charge is 0.381 e. The fraction of sp³-hybridized carbons (Fsp3) is 0.600. The zero-order valence-corrected chi connectivity index (χ0v) is 11.9. The van der Waals surface area contributed by atoms with Crippen LogP contribution in [0, 0.1) is 11.8 Å². The summed E-state index contributed by atoms with van der Waals surface area (Å²) in [6, 6.07) is 9.30. The first-order valence-electron chi connectivity index (χ1n) is 6.60. The van der Waals surface area contributed by atoms with Gasteiger partial charge in [-0.2, -0.15) is 0 Å². The Hall–Kier alpha value is -0.630. The third-order valence-electron chi connectivity index (χ3n) is 4.06. The van der Waals surface area contributed by atoms with Gasteiger partial charge in [0.15, 0.2) is 0 Å². The second kappa shape index (κ2) is 5.81. The van der Waals surface area contributed by atoms with E-state index >= 15 is 0 Å². The van der Waals surface area contributed by atoms with Gasteiger partial charge in [0.05, 0.1) is 0 Å². The van der Waals surface area contributed by atoms with Crippen molar-refractivity contribution in [2.75, 3.05) is 11.6 Å². The van der Waals surface area contributed by atoms with E-state index in [9.17, 15) is 0 Å². The Balaban J connectivity index is 2.01. The summed E-state index contributed by atoms with van der Waals surface area (Å²) in [6.45, 7) is 4.77. The molecule has 3 unspecified atom stereocenters. The molecule has 1 N–H and O–H groups in total. The van der Waals surface area contributed by atoms with Gasteiger partial charge < -0.3 is 5.32 Å². The Morgan fingerprint density at radius 3 is 2.59 bits per heavy atom. The van der Waals surface area contributed by atoms with Crippen molar-refractivity contribution < 1.29 is 0 Å². The van der Waals surface area contributed by atoms with Gasteiger partial charge in [0.25, 0.3) is 0 Å². The second-order valence-corrected chi connectivity index (χ2v) is 6.16. The number of thioether (sulfide) groups is 1. The highest BCUT2D eigenvalue weighted by molar-refractivity contribution is 7.98. The average Bonchev–Trinajstić information content (AvgIpc) is 2.34. The second-order valence-electron chi connectivity index (χ2n) is 5.31. The maximum absolute atomic E-state index is 3.73. The summed E-state index contributed by atoms with van der Waals surface area (Å²) in [5, 5.41) is 3.73. The van der Waals surface area contributed by atoms with Gasteiger partial charge in [-0.3, -0.25) is 0 Å². The lowest BCUT2D eigenvalue weighted by Crippen LogP contribution is -2.30. The van der Waals surface area contributed by atoms with Crippen molar-refractivity contribution in [3.8, 4) is 0 Å². The number of nitrogens with one attached hydrogen (secondary N) is 1. The van der Waals surface area contributed by atoms with E-state index in [0.717, 1.165) is 11.8 Å². The molecule has 0 heterocycles. The van der Waals surface area contributed by atoms with Crippen molar-refractivity contribution >= 4 is 17.4 Å². The Bertz CT molecular complexity index is 364. The van der Waals surface area contributed by atoms with Gasteiger partial charge in [0.1, 0.15) is 0 Å². The summed E-state index contributed by atoms with van der Waals surface area (Å²) >= 11 is 1.82. The molecule has 0 aromatic heterocycles. The van der Waals surface area contributed by atoms with Crippen LogP contribution in [-0.2, 0) is 0 Å². The van der Waals surface area contributed by atoms with Crippen molar-refractivity contribution in [2.24, 2.45) is 11.8 Å². The number of hydrogen-bond donors (Lipinski definition) is 1. The van der Waals surface area contributed by atoms with Crippen LogP contribution in [0.3, 0.4) is 0 Å². The molecule has 2 heteroatoms. The molecule has 1 saturated carbocycles. The van der Waals surface area contributed by atoms with E-state index < -0.39 is 0 Å². The minimum Gasteiger partial charge on any atom is -0.381 e. The molecule has 0 spiro atoms. The van der Waals surface area contributed by atoms with E-state index in [1.165, 1.54) is 29.8 Å². The Kier molecular flexibility index (Phi) is 4.38. The number of para-hydroxylation sites is 1. The van der Waals surface area contributed by atoms with Crippen molar-refractivity contribution in [2.45, 2.75) is 44.0 Å². The third-order valence-corrected chi connectivity index (χ3v) is 4.86. The number of rotatable bonds is 3. The predicted molar refractivity (Wildman–Crippen MR) is 77.8 cm³/mol. The maximum atomic E-state index is 3.73. The Morgan fingerprint density at radius 2 is 1.88 bits per heavy atom. The van der Waals surface area contributed by atoms with Crippen LogP contribution >= 0.6 is 11.8 Å². The molecule has 0 radical (unpaired) electrons. The first-order valence-corrected chi connectivity index (χ1v) is 7.82. The first kappa shape index (κ1) is 12.8. The molecule has 3 atom stereocenters. The van der Waals surface area contributed by atoms with Gasteiger partial charge >= 0.3 is 0 Å². The summed E-state index contributed by atoms with van der Waals surface area (Å²) in [5.74, 6) is 1.74. The van der Waals surface area contributed by atoms with Crippen LogP contribution < -0.4 is 5.32 Å². The Labute approximate surface area is 109 Å². The third kappa shape index (κ3) is 3.19. The summed E-state index contributed by atoms with van der Waals surface area (Å²) < 4.78 is 0. The summed E-state index contributed by atoms with van der Waals surface area (Å²) in [4.78, 5) is 1.36. The molecule has 94 valence electrons. The monoisotopic (exact) mass is 249 g/mol. The predicted octanol–water partition coefficient (Wildman–Crippen LogP) is 4.65. The number of anilines is 1. The number of benzene rings is 1. The standard InChI is InChI=1S/C15H23NS/c1-11-8-9-13(10-12(11)2)16-14-6-4-5-7-15(14)17-3/h4-7,11-13,16H,8-10H2,1-3H3. The molecule has 0 aliphatic heterocycles. The van der Waals surface area contributed by atoms with Crippen molar-refractivity contribution in [1.82, 2.24) is 0 Å². The lowest BCUT2D eigenvalue weighted by molar-refractivity contribution is 0.260. The fourth-order valence-corrected chi connectivity index (χ4v) is 3.22. The fourth-order valence-electron chi connectivity index (χ4n) is 2.66. The van der Waals surface area contributed by atoms with E-state index in [1.54, 1.807) is 0 Å². The van der Waals surface area contributed by atoms with Crippen LogP contribution in [-0.4, -0.2) is 12.3 Å². The van der Waals surface area contributed by atoms with Gasteiger partial charge in [-0.1, -0.05) is 26.0 Å². The topological polar surface area (TPSA) is 12.0 Å². The number of hydrogen-bond acceptors (Lipinski definition) is 2. The van der Waals surface area contributed by atoms with Gasteiger partial charge in [-0.15, -0.1) is 11.8 Å². The average molecular weight is 249 g/mol. The van der Waals surface area contributed by atoms with Crippen LogP contribution in [0.4, 0.5) is 5.69 Å². The van der Waals surface area contributed by atoms with Crippen LogP contribution in [0.15, 0.2) is 29.2 Å². The lowest BCUT2D eigenvalue weighted by atomic mass is 9.79. The molecule has 0 amide bonds. The molecule has 17 heavy (non-hydrogen) atoms. The summed E-state index contributed by atoms with van der Waals surface area (Å²) in [6.07, 6.45) is 6.13. The van der Waals surface area contributed by atoms with E-state index in [4.69, 9.17) is 0 Å². The van der Waals surface area contributed by atoms with Crippen LogP contribution in [0.1, 0.15) is 33.1 Å². The van der Waals surface area contributed by atoms with Crippen LogP contribution in [0.2, 0.25) is 0 Å². The quantitative estimate of drug-likeness (QED) is 0.783. The smallest absolute Gasteiger partial charge is 0.0480 e. The molecule has 1 fully saturated rings. The van der Waals surface area contributed by atoms with E-state index in [-0.39, 0.29) is 0 Å². The molecule has 1 aromatic rings. The molecule has 2 rings (SSSR count). The summed E-state index contributed by atoms with van der Waals surface area (Å²) in [7, 11) is 0. The minimum absolute atomic E-state index is 0.662. The molecule has 1 aliphatic rings. The minimum atomic E-state index is 0.662. The van der Waals surface area contributed by atoms with E-state index in [2.05, 4.69) is 49.7 Å². The molecule has 1 aromatic carbocycles. The van der Waals surface area contributed by atoms with Gasteiger partial charge in [-0.25, -0.2) is 0 Å². The maximum Gasteiger partial charge on any atom is 0.0480 e. The van der Waals surface area contributed by atoms with E-state index in [0.29, 0.717) is 6.04 Å². The van der Waals surface area contributed by atoms with Crippen molar-refractivity contribution in [3.05, 3.63) is 24.3 Å². The SMILES string of the molecule is CSc1ccccc1NC1CCC(C)C(C)C1. The van der Waals surface area contributed by atoms with Gasteiger partial charge in [0.2, 0.25) is 0 Å². The van der Waals surface area contributed by atoms with Crippen LogP contribution in [0.25, 0.3) is 0 Å². The van der Waals surface area contributed by atoms with Crippen LogP contribution in [0.5, 0.6) is 0 Å². The Morgan fingerprint density at radius 1 is 1.12 bits per heavy atom. The molecular formula is C15H23NS. The van der Waals surface area contributed by atoms with Crippen molar-refractivity contribution in [1.29, 1.82) is 0 Å². The van der Waals surface area contributed by atoms with Gasteiger partial charge in [-0.05, 0) is 49.5 Å². The van der Waals surface area contributed by atoms with E-state index in [1.807, 2.05) is 11.8 Å². The molecule has 1 aliphatic carbocycles. The molecule has 0 bridgehead atoms. The zero-order chi connectivity index (χ0) is 12.3. The zero-order valence-electron chi connectivity index (χ0n) is 11.1. The normalized spacial score (nSPS) is 29.0. The highest BCUT2D eigenvalue weighted by atomic mass is 32.2. The molecular weight excluding hydrogens is 226 g/mol. The highest BCUT2D eigenvalue weighted by Gasteiger charge is 2.24. The lowest BCUT2D eigenvalue weighted by Gasteiger charge is -2.33. The summed E-state index contributed by atoms with van der Waals surface area (Å²) in [5.41, 5.74) is 1.31. The van der Waals surface area contributed by atoms with Gasteiger partial charge in [0, 0.05) is 16.6 Å². The molecule has 1 nitrogen and oxygen atoms in total. The highest BCUT2D eigenvalue weighted by Crippen LogP contribution is 2.33. The first-order chi connectivity index (χ1) is 8.20.